The first-order chi connectivity index (χ1) is 11.2. The molecule has 2 saturated heterocycles. The fourth-order valence-corrected chi connectivity index (χ4v) is 3.56. The van der Waals surface area contributed by atoms with Crippen LogP contribution in [0.4, 0.5) is 0 Å². The zero-order valence-corrected chi connectivity index (χ0v) is 13.4. The maximum Gasteiger partial charge on any atom is 0.223 e. The Bertz CT molecular complexity index is 553. The maximum atomic E-state index is 12.1. The summed E-state index contributed by atoms with van der Waals surface area (Å²) in [6.07, 6.45) is 8.82. The molecule has 0 bridgehead atoms. The molecule has 3 heterocycles. The summed E-state index contributed by atoms with van der Waals surface area (Å²) in [4.78, 5) is 18.1. The molecule has 1 unspecified atom stereocenters. The zero-order valence-electron chi connectivity index (χ0n) is 13.4. The second kappa shape index (κ2) is 6.21. The third-order valence-corrected chi connectivity index (χ3v) is 5.15. The van der Waals surface area contributed by atoms with Crippen LogP contribution in [0.5, 0.6) is 0 Å². The van der Waals surface area contributed by atoms with E-state index in [0.29, 0.717) is 18.4 Å². The molecule has 0 N–H and O–H groups in total. The van der Waals surface area contributed by atoms with Gasteiger partial charge in [-0.2, -0.15) is 0 Å². The average Bonchev–Trinajstić information content (AvgIpc) is 3.36. The quantitative estimate of drug-likeness (QED) is 0.835. The van der Waals surface area contributed by atoms with E-state index in [1.54, 1.807) is 12.4 Å². The van der Waals surface area contributed by atoms with Gasteiger partial charge in [-0.05, 0) is 42.9 Å². The van der Waals surface area contributed by atoms with Crippen molar-refractivity contribution in [2.75, 3.05) is 19.7 Å². The summed E-state index contributed by atoms with van der Waals surface area (Å²) >= 11 is 0. The highest BCUT2D eigenvalue weighted by Gasteiger charge is 2.49. The van der Waals surface area contributed by atoms with Gasteiger partial charge in [-0.3, -0.25) is 9.78 Å². The summed E-state index contributed by atoms with van der Waals surface area (Å²) in [6, 6.07) is 3.97. The number of nitrogens with zero attached hydrogens (tertiary/aromatic N) is 2. The van der Waals surface area contributed by atoms with Crippen molar-refractivity contribution in [2.24, 2.45) is 5.92 Å². The van der Waals surface area contributed by atoms with Gasteiger partial charge < -0.3 is 14.4 Å². The van der Waals surface area contributed by atoms with Crippen LogP contribution in [-0.2, 0) is 20.9 Å². The van der Waals surface area contributed by atoms with E-state index in [-0.39, 0.29) is 11.7 Å². The largest absolute Gasteiger partial charge is 0.373 e. The molecule has 1 aromatic heterocycles. The number of aromatic nitrogens is 1. The Morgan fingerprint density at radius 3 is 2.83 bits per heavy atom. The van der Waals surface area contributed by atoms with E-state index < -0.39 is 0 Å². The topological polar surface area (TPSA) is 51.7 Å². The van der Waals surface area contributed by atoms with Gasteiger partial charge in [-0.15, -0.1) is 0 Å². The molecule has 124 valence electrons. The fraction of sp³-hybridized carbons (Fsp3) is 0.667. The Balaban J connectivity index is 1.25. The first-order valence-corrected chi connectivity index (χ1v) is 8.65. The summed E-state index contributed by atoms with van der Waals surface area (Å²) in [5.74, 6) is 0.962. The number of carbonyl (C=O) groups excluding carboxylic acids is 1. The molecule has 1 saturated carbocycles. The number of pyridine rings is 1. The van der Waals surface area contributed by atoms with Gasteiger partial charge in [0.1, 0.15) is 5.60 Å². The number of likely N-dealkylation sites (tertiary alicyclic amines) is 1. The maximum absolute atomic E-state index is 12.1. The van der Waals surface area contributed by atoms with Crippen LogP contribution in [0.15, 0.2) is 24.5 Å². The van der Waals surface area contributed by atoms with Crippen LogP contribution in [0.1, 0.15) is 37.7 Å². The number of rotatable bonds is 5. The molecule has 23 heavy (non-hydrogen) atoms. The third-order valence-electron chi connectivity index (χ3n) is 5.15. The summed E-state index contributed by atoms with van der Waals surface area (Å²) in [5, 5.41) is 0. The van der Waals surface area contributed by atoms with Gasteiger partial charge in [0.15, 0.2) is 0 Å². The second-order valence-electron chi connectivity index (χ2n) is 7.21. The Kier molecular flexibility index (Phi) is 4.07. The van der Waals surface area contributed by atoms with Crippen molar-refractivity contribution in [3.8, 4) is 0 Å². The van der Waals surface area contributed by atoms with E-state index in [1.165, 1.54) is 12.8 Å². The van der Waals surface area contributed by atoms with Gasteiger partial charge in [0.25, 0.3) is 0 Å². The molecule has 5 heteroatoms. The number of hydrogen-bond donors (Lipinski definition) is 0. The van der Waals surface area contributed by atoms with Crippen LogP contribution in [0.25, 0.3) is 0 Å². The molecule has 1 atom stereocenters. The number of ether oxygens (including phenoxy) is 2. The molecule has 1 aromatic rings. The monoisotopic (exact) mass is 316 g/mol. The van der Waals surface area contributed by atoms with Gasteiger partial charge in [0.05, 0.1) is 25.8 Å². The number of carbonyl (C=O) groups is 1. The number of amides is 1. The Labute approximate surface area is 137 Å². The average molecular weight is 316 g/mol. The highest BCUT2D eigenvalue weighted by Crippen LogP contribution is 2.38. The lowest BCUT2D eigenvalue weighted by Crippen LogP contribution is -2.67. The molecule has 1 amide bonds. The molecular formula is C18H24N2O3. The third kappa shape index (κ3) is 3.56. The van der Waals surface area contributed by atoms with Crippen molar-refractivity contribution in [1.29, 1.82) is 0 Å². The highest BCUT2D eigenvalue weighted by atomic mass is 16.5. The molecule has 0 aromatic carbocycles. The second-order valence-corrected chi connectivity index (χ2v) is 7.21. The van der Waals surface area contributed by atoms with E-state index in [2.05, 4.69) is 4.98 Å². The Morgan fingerprint density at radius 1 is 1.30 bits per heavy atom. The summed E-state index contributed by atoms with van der Waals surface area (Å²) in [6.45, 7) is 2.83. The molecule has 3 aliphatic rings. The fourth-order valence-electron chi connectivity index (χ4n) is 3.56. The molecule has 1 spiro atoms. The molecule has 1 aliphatic carbocycles. The van der Waals surface area contributed by atoms with Crippen LogP contribution in [0, 0.1) is 5.92 Å². The van der Waals surface area contributed by atoms with E-state index in [4.69, 9.17) is 9.47 Å². The highest BCUT2D eigenvalue weighted by molar-refractivity contribution is 5.78. The van der Waals surface area contributed by atoms with Crippen molar-refractivity contribution < 1.29 is 14.3 Å². The standard InChI is InChI=1S/C18H24N2O3/c21-17(9-14-1-2-14)20-12-18(13-20)10-16(5-8-23-18)22-11-15-3-6-19-7-4-15/h3-4,6-7,14,16H,1-2,5,8-13H2. The number of hydrogen-bond acceptors (Lipinski definition) is 4. The smallest absolute Gasteiger partial charge is 0.223 e. The van der Waals surface area contributed by atoms with Gasteiger partial charge in [-0.25, -0.2) is 0 Å². The summed E-state index contributed by atoms with van der Waals surface area (Å²) < 4.78 is 12.1. The summed E-state index contributed by atoms with van der Waals surface area (Å²) in [5.41, 5.74) is 0.996. The zero-order chi connectivity index (χ0) is 15.7. The Morgan fingerprint density at radius 2 is 2.09 bits per heavy atom. The molecule has 5 nitrogen and oxygen atoms in total. The van der Waals surface area contributed by atoms with Gasteiger partial charge in [0.2, 0.25) is 5.91 Å². The lowest BCUT2D eigenvalue weighted by Gasteiger charge is -2.53. The van der Waals surface area contributed by atoms with Crippen molar-refractivity contribution >= 4 is 5.91 Å². The van der Waals surface area contributed by atoms with Crippen LogP contribution in [0.3, 0.4) is 0 Å². The van der Waals surface area contributed by atoms with Crippen LogP contribution < -0.4 is 0 Å². The van der Waals surface area contributed by atoms with E-state index in [0.717, 1.165) is 44.5 Å². The predicted octanol–water partition coefficient (Wildman–Crippen LogP) is 2.16. The lowest BCUT2D eigenvalue weighted by molar-refractivity contribution is -0.202. The first kappa shape index (κ1) is 15.1. The van der Waals surface area contributed by atoms with Crippen molar-refractivity contribution in [3.05, 3.63) is 30.1 Å². The first-order valence-electron chi connectivity index (χ1n) is 8.65. The minimum Gasteiger partial charge on any atom is -0.373 e. The molecule has 4 rings (SSSR count). The Hall–Kier alpha value is -1.46. The van der Waals surface area contributed by atoms with Crippen molar-refractivity contribution in [3.63, 3.8) is 0 Å². The van der Waals surface area contributed by atoms with Crippen molar-refractivity contribution in [1.82, 2.24) is 9.88 Å². The minimum absolute atomic E-state index is 0.152. The predicted molar refractivity (Wildman–Crippen MR) is 84.7 cm³/mol. The van der Waals surface area contributed by atoms with Crippen LogP contribution >= 0.6 is 0 Å². The minimum atomic E-state index is -0.152. The normalized spacial score (nSPS) is 26.1. The van der Waals surface area contributed by atoms with E-state index in [9.17, 15) is 4.79 Å². The molecular weight excluding hydrogens is 292 g/mol. The molecule has 0 radical (unpaired) electrons. The molecule has 2 aliphatic heterocycles. The van der Waals surface area contributed by atoms with E-state index in [1.807, 2.05) is 17.0 Å². The lowest BCUT2D eigenvalue weighted by atomic mass is 9.84. The van der Waals surface area contributed by atoms with Gasteiger partial charge >= 0.3 is 0 Å². The summed E-state index contributed by atoms with van der Waals surface area (Å²) in [7, 11) is 0. The van der Waals surface area contributed by atoms with Gasteiger partial charge in [-0.1, -0.05) is 0 Å². The van der Waals surface area contributed by atoms with Gasteiger partial charge in [0, 0.05) is 31.8 Å². The van der Waals surface area contributed by atoms with Crippen molar-refractivity contribution in [2.45, 2.75) is 50.4 Å². The van der Waals surface area contributed by atoms with E-state index >= 15 is 0 Å². The van der Waals surface area contributed by atoms with Crippen LogP contribution in [-0.4, -0.2) is 47.2 Å². The molecule has 3 fully saturated rings. The SMILES string of the molecule is O=C(CC1CC1)N1CC2(CC(OCc3ccncc3)CCO2)C1. The van der Waals surface area contributed by atoms with Crippen LogP contribution in [0.2, 0.25) is 0 Å².